The summed E-state index contributed by atoms with van der Waals surface area (Å²) in [5.41, 5.74) is 8.45. The molecule has 2 N–H and O–H groups in total. The van der Waals surface area contributed by atoms with Crippen molar-refractivity contribution in [3.8, 4) is 0 Å². The zero-order valence-corrected chi connectivity index (χ0v) is 13.0. The molecule has 0 aliphatic heterocycles. The highest BCUT2D eigenvalue weighted by Crippen LogP contribution is 2.22. The standard InChI is InChI=1S/C14H16BrN3O2/c1-9-7-10(3-4-12(9)16)14(19)13-11(15)8-17-18(13)5-6-20-2/h3-4,7-8H,5-6,16H2,1-2H3. The molecule has 106 valence electrons. The lowest BCUT2D eigenvalue weighted by Crippen LogP contribution is -2.15. The van der Waals surface area contributed by atoms with Gasteiger partial charge in [-0.2, -0.15) is 5.10 Å². The summed E-state index contributed by atoms with van der Waals surface area (Å²) in [6.07, 6.45) is 1.62. The Morgan fingerprint density at radius 2 is 2.25 bits per heavy atom. The topological polar surface area (TPSA) is 70.1 Å². The molecule has 2 rings (SSSR count). The molecule has 0 radical (unpaired) electrons. The molecule has 0 atom stereocenters. The number of anilines is 1. The van der Waals surface area contributed by atoms with Crippen LogP contribution in [0.2, 0.25) is 0 Å². The zero-order valence-electron chi connectivity index (χ0n) is 11.4. The molecule has 0 fully saturated rings. The van der Waals surface area contributed by atoms with Crippen molar-refractivity contribution in [3.05, 3.63) is 45.7 Å². The van der Waals surface area contributed by atoms with Crippen LogP contribution in [-0.2, 0) is 11.3 Å². The van der Waals surface area contributed by atoms with Crippen molar-refractivity contribution in [3.63, 3.8) is 0 Å². The van der Waals surface area contributed by atoms with E-state index in [-0.39, 0.29) is 5.78 Å². The van der Waals surface area contributed by atoms with Crippen molar-refractivity contribution < 1.29 is 9.53 Å². The Bertz CT molecular complexity index is 637. The van der Waals surface area contributed by atoms with E-state index in [1.165, 1.54) is 0 Å². The number of carbonyl (C=O) groups excluding carboxylic acids is 1. The fourth-order valence-electron chi connectivity index (χ4n) is 1.89. The van der Waals surface area contributed by atoms with Crippen LogP contribution in [0.4, 0.5) is 5.69 Å². The molecule has 0 aliphatic carbocycles. The number of aromatic nitrogens is 2. The number of hydrogen-bond acceptors (Lipinski definition) is 4. The molecule has 2 aromatic rings. The minimum Gasteiger partial charge on any atom is -0.399 e. The first-order chi connectivity index (χ1) is 9.54. The summed E-state index contributed by atoms with van der Waals surface area (Å²) < 4.78 is 7.34. The Morgan fingerprint density at radius 3 is 2.90 bits per heavy atom. The number of hydrogen-bond donors (Lipinski definition) is 1. The van der Waals surface area contributed by atoms with Gasteiger partial charge in [0.25, 0.3) is 0 Å². The highest BCUT2D eigenvalue weighted by Gasteiger charge is 2.19. The number of aryl methyl sites for hydroxylation is 1. The molecule has 1 aromatic heterocycles. The van der Waals surface area contributed by atoms with Gasteiger partial charge in [0.2, 0.25) is 5.78 Å². The summed E-state index contributed by atoms with van der Waals surface area (Å²) in [6.45, 7) is 2.90. The van der Waals surface area contributed by atoms with Gasteiger partial charge in [-0.3, -0.25) is 9.48 Å². The van der Waals surface area contributed by atoms with Gasteiger partial charge >= 0.3 is 0 Å². The maximum atomic E-state index is 12.6. The molecular formula is C14H16BrN3O2. The summed E-state index contributed by atoms with van der Waals surface area (Å²) in [6, 6.07) is 5.26. The average Bonchev–Trinajstić information content (AvgIpc) is 2.80. The van der Waals surface area contributed by atoms with Crippen LogP contribution in [0.3, 0.4) is 0 Å². The fraction of sp³-hybridized carbons (Fsp3) is 0.286. The number of methoxy groups -OCH3 is 1. The highest BCUT2D eigenvalue weighted by atomic mass is 79.9. The van der Waals surface area contributed by atoms with Crippen molar-refractivity contribution in [2.45, 2.75) is 13.5 Å². The predicted molar refractivity (Wildman–Crippen MR) is 80.8 cm³/mol. The second kappa shape index (κ2) is 6.19. The Hall–Kier alpha value is -1.66. The predicted octanol–water partition coefficient (Wildman–Crippen LogP) is 2.41. The summed E-state index contributed by atoms with van der Waals surface area (Å²) in [4.78, 5) is 12.6. The van der Waals surface area contributed by atoms with Crippen molar-refractivity contribution in [1.29, 1.82) is 0 Å². The zero-order chi connectivity index (χ0) is 14.7. The van der Waals surface area contributed by atoms with Crippen LogP contribution in [0.1, 0.15) is 21.6 Å². The number of ether oxygens (including phenoxy) is 1. The maximum absolute atomic E-state index is 12.6. The number of rotatable bonds is 5. The SMILES string of the molecule is COCCn1ncc(Br)c1C(=O)c1ccc(N)c(C)c1. The highest BCUT2D eigenvalue weighted by molar-refractivity contribution is 9.10. The smallest absolute Gasteiger partial charge is 0.212 e. The summed E-state index contributed by atoms with van der Waals surface area (Å²) in [7, 11) is 1.61. The first-order valence-electron chi connectivity index (χ1n) is 6.15. The third kappa shape index (κ3) is 2.91. The van der Waals surface area contributed by atoms with Crippen molar-refractivity contribution in [1.82, 2.24) is 9.78 Å². The number of ketones is 1. The van der Waals surface area contributed by atoms with E-state index in [0.717, 1.165) is 5.56 Å². The molecular weight excluding hydrogens is 322 g/mol. The summed E-state index contributed by atoms with van der Waals surface area (Å²) in [5.74, 6) is -0.0893. The third-order valence-corrected chi connectivity index (χ3v) is 3.63. The molecule has 0 spiro atoms. The van der Waals surface area contributed by atoms with Gasteiger partial charge in [0.15, 0.2) is 0 Å². The molecule has 0 saturated heterocycles. The van der Waals surface area contributed by atoms with Gasteiger partial charge < -0.3 is 10.5 Å². The van der Waals surface area contributed by atoms with E-state index in [2.05, 4.69) is 21.0 Å². The van der Waals surface area contributed by atoms with E-state index < -0.39 is 0 Å². The largest absolute Gasteiger partial charge is 0.399 e. The van der Waals surface area contributed by atoms with Crippen LogP contribution in [0, 0.1) is 6.92 Å². The molecule has 0 amide bonds. The molecule has 0 aliphatic rings. The molecule has 0 unspecified atom stereocenters. The Morgan fingerprint density at radius 1 is 1.50 bits per heavy atom. The number of carbonyl (C=O) groups is 1. The van der Waals surface area contributed by atoms with E-state index in [9.17, 15) is 4.79 Å². The van der Waals surface area contributed by atoms with E-state index in [1.54, 1.807) is 36.2 Å². The van der Waals surface area contributed by atoms with E-state index in [4.69, 9.17) is 10.5 Å². The van der Waals surface area contributed by atoms with Crippen LogP contribution >= 0.6 is 15.9 Å². The normalized spacial score (nSPS) is 10.8. The molecule has 5 nitrogen and oxygen atoms in total. The first-order valence-corrected chi connectivity index (χ1v) is 6.95. The third-order valence-electron chi connectivity index (χ3n) is 3.05. The van der Waals surface area contributed by atoms with Crippen molar-refractivity contribution in [2.24, 2.45) is 0 Å². The van der Waals surface area contributed by atoms with Gasteiger partial charge in [-0.15, -0.1) is 0 Å². The van der Waals surface area contributed by atoms with Crippen LogP contribution in [0.25, 0.3) is 0 Å². The summed E-state index contributed by atoms with van der Waals surface area (Å²) >= 11 is 3.37. The number of nitrogens with two attached hydrogens (primary N) is 1. The van der Waals surface area contributed by atoms with Gasteiger partial charge in [0.05, 0.1) is 23.8 Å². The Kier molecular flexibility index (Phi) is 4.57. The molecule has 1 heterocycles. The molecule has 0 bridgehead atoms. The number of nitrogens with zero attached hydrogens (tertiary/aromatic N) is 2. The van der Waals surface area contributed by atoms with Gasteiger partial charge in [-0.05, 0) is 46.6 Å². The minimum absolute atomic E-state index is 0.0893. The molecule has 1 aromatic carbocycles. The van der Waals surface area contributed by atoms with Crippen LogP contribution in [0.15, 0.2) is 28.9 Å². The van der Waals surface area contributed by atoms with Gasteiger partial charge in [0.1, 0.15) is 5.69 Å². The molecule has 20 heavy (non-hydrogen) atoms. The van der Waals surface area contributed by atoms with E-state index in [0.29, 0.717) is 34.6 Å². The van der Waals surface area contributed by atoms with Gasteiger partial charge in [-0.25, -0.2) is 0 Å². The first kappa shape index (κ1) is 14.7. The van der Waals surface area contributed by atoms with E-state index in [1.807, 2.05) is 6.92 Å². The average molecular weight is 338 g/mol. The fourth-order valence-corrected chi connectivity index (χ4v) is 2.37. The second-order valence-electron chi connectivity index (χ2n) is 4.46. The quantitative estimate of drug-likeness (QED) is 0.671. The maximum Gasteiger partial charge on any atom is 0.212 e. The van der Waals surface area contributed by atoms with Gasteiger partial charge in [-0.1, -0.05) is 0 Å². The number of halogens is 1. The van der Waals surface area contributed by atoms with Crippen LogP contribution in [0.5, 0.6) is 0 Å². The number of nitrogen functional groups attached to an aromatic ring is 1. The lowest BCUT2D eigenvalue weighted by molar-refractivity contribution is 0.102. The van der Waals surface area contributed by atoms with Crippen LogP contribution < -0.4 is 5.73 Å². The summed E-state index contributed by atoms with van der Waals surface area (Å²) in [5, 5.41) is 4.18. The van der Waals surface area contributed by atoms with Crippen molar-refractivity contribution >= 4 is 27.4 Å². The van der Waals surface area contributed by atoms with E-state index >= 15 is 0 Å². The van der Waals surface area contributed by atoms with Gasteiger partial charge in [0, 0.05) is 18.4 Å². The lowest BCUT2D eigenvalue weighted by atomic mass is 10.0. The van der Waals surface area contributed by atoms with Crippen LogP contribution in [-0.4, -0.2) is 29.3 Å². The number of benzene rings is 1. The minimum atomic E-state index is -0.0893. The van der Waals surface area contributed by atoms with Crippen molar-refractivity contribution in [2.75, 3.05) is 19.5 Å². The Balaban J connectivity index is 2.37. The lowest BCUT2D eigenvalue weighted by Gasteiger charge is -2.08. The second-order valence-corrected chi connectivity index (χ2v) is 5.31. The molecule has 0 saturated carbocycles. The Labute approximate surface area is 125 Å². The monoisotopic (exact) mass is 337 g/mol. The molecule has 6 heteroatoms.